The maximum absolute atomic E-state index is 11.6. The Morgan fingerprint density at radius 1 is 1.42 bits per heavy atom. The lowest BCUT2D eigenvalue weighted by Crippen LogP contribution is -2.44. The van der Waals surface area contributed by atoms with Gasteiger partial charge in [-0.1, -0.05) is 25.1 Å². The number of para-hydroxylation sites is 1. The number of rotatable bonds is 4. The number of fused-ring (bicyclic) bond motifs is 5. The molecular weight excluding hydrogens is 300 g/mol. The summed E-state index contributed by atoms with van der Waals surface area (Å²) in [5.41, 5.74) is 15.5. The molecule has 5 N–H and O–H groups in total. The fourth-order valence-electron chi connectivity index (χ4n) is 4.99. The number of carbonyl (C=O) groups excluding carboxylic acids is 1. The van der Waals surface area contributed by atoms with Crippen LogP contribution in [0.4, 0.5) is 0 Å². The van der Waals surface area contributed by atoms with Crippen LogP contribution in [0.25, 0.3) is 10.9 Å². The van der Waals surface area contributed by atoms with Crippen molar-refractivity contribution < 1.29 is 4.79 Å². The van der Waals surface area contributed by atoms with Gasteiger partial charge in [-0.3, -0.25) is 9.69 Å². The second-order valence-electron chi connectivity index (χ2n) is 7.43. The van der Waals surface area contributed by atoms with Gasteiger partial charge in [0, 0.05) is 23.1 Å². The van der Waals surface area contributed by atoms with E-state index in [1.807, 2.05) is 0 Å². The van der Waals surface area contributed by atoms with Crippen molar-refractivity contribution in [3.63, 3.8) is 0 Å². The van der Waals surface area contributed by atoms with Crippen molar-refractivity contribution in [1.82, 2.24) is 9.88 Å². The molecule has 0 radical (unpaired) electrons. The third kappa shape index (κ3) is 2.19. The van der Waals surface area contributed by atoms with E-state index < -0.39 is 11.9 Å². The van der Waals surface area contributed by atoms with Gasteiger partial charge in [-0.15, -0.1) is 0 Å². The van der Waals surface area contributed by atoms with Gasteiger partial charge in [0.2, 0.25) is 5.91 Å². The van der Waals surface area contributed by atoms with Gasteiger partial charge in [-0.05, 0) is 49.3 Å². The first kappa shape index (κ1) is 15.7. The number of nitrogens with one attached hydrogen (secondary N) is 1. The van der Waals surface area contributed by atoms with Crippen molar-refractivity contribution in [2.24, 2.45) is 16.9 Å². The number of hydrogen-bond donors (Lipinski definition) is 3. The first-order chi connectivity index (χ1) is 11.6. The van der Waals surface area contributed by atoms with Crippen LogP contribution in [0.2, 0.25) is 0 Å². The fourth-order valence-corrected chi connectivity index (χ4v) is 4.99. The van der Waals surface area contributed by atoms with Crippen LogP contribution in [-0.2, 0) is 11.2 Å². The predicted octanol–water partition coefficient (Wildman–Crippen LogP) is 2.07. The molecule has 3 atom stereocenters. The van der Waals surface area contributed by atoms with Crippen LogP contribution in [0.3, 0.4) is 0 Å². The number of aromatic nitrogens is 1. The molecule has 128 valence electrons. The van der Waals surface area contributed by atoms with Crippen LogP contribution < -0.4 is 11.5 Å². The standard InChI is InChI=1S/C19H26N4O/c1-2-19(11-14(20)18(21)24)8-10-23-9-7-13-12-5-3-4-6-15(12)22-16(13)17(19)23/h3-6,14,17,22H,2,7-11,20H2,1H3,(H2,21,24)/t14?,17-,19-/m1/s1. The highest BCUT2D eigenvalue weighted by atomic mass is 16.1. The molecule has 2 aliphatic heterocycles. The number of hydrogen-bond acceptors (Lipinski definition) is 3. The van der Waals surface area contributed by atoms with Crippen LogP contribution in [0, 0.1) is 5.41 Å². The van der Waals surface area contributed by atoms with Crippen molar-refractivity contribution in [3.05, 3.63) is 35.5 Å². The molecule has 0 saturated carbocycles. The molecule has 0 bridgehead atoms. The van der Waals surface area contributed by atoms with Gasteiger partial charge >= 0.3 is 0 Å². The number of carbonyl (C=O) groups is 1. The second kappa shape index (κ2) is 5.60. The van der Waals surface area contributed by atoms with Crippen LogP contribution in [0.15, 0.2) is 24.3 Å². The van der Waals surface area contributed by atoms with E-state index in [4.69, 9.17) is 11.5 Å². The summed E-state index contributed by atoms with van der Waals surface area (Å²) in [6.07, 6.45) is 3.82. The SMILES string of the molecule is CC[C@]1(CC(N)C(N)=O)CCN2CCc3c([nH]c4ccccc34)[C@@H]21. The molecule has 1 unspecified atom stereocenters. The summed E-state index contributed by atoms with van der Waals surface area (Å²) in [5.74, 6) is -0.394. The number of H-pyrrole nitrogens is 1. The van der Waals surface area contributed by atoms with Crippen molar-refractivity contribution in [2.75, 3.05) is 13.1 Å². The molecule has 0 aliphatic carbocycles. The van der Waals surface area contributed by atoms with Crippen molar-refractivity contribution in [2.45, 2.75) is 44.7 Å². The first-order valence-corrected chi connectivity index (χ1v) is 8.94. The number of benzene rings is 1. The number of amides is 1. The third-order valence-electron chi connectivity index (χ3n) is 6.31. The monoisotopic (exact) mass is 326 g/mol. The van der Waals surface area contributed by atoms with E-state index in [-0.39, 0.29) is 5.41 Å². The average Bonchev–Trinajstić information content (AvgIpc) is 3.13. The van der Waals surface area contributed by atoms with Crippen molar-refractivity contribution in [1.29, 1.82) is 0 Å². The zero-order chi connectivity index (χ0) is 16.9. The maximum atomic E-state index is 11.6. The Kier molecular flexibility index (Phi) is 3.66. The summed E-state index contributed by atoms with van der Waals surface area (Å²) in [7, 11) is 0. The lowest BCUT2D eigenvalue weighted by Gasteiger charge is -2.41. The molecule has 24 heavy (non-hydrogen) atoms. The van der Waals surface area contributed by atoms with Gasteiger partial charge in [0.1, 0.15) is 0 Å². The molecule has 2 aromatic rings. The van der Waals surface area contributed by atoms with E-state index in [1.165, 1.54) is 22.2 Å². The average molecular weight is 326 g/mol. The van der Waals surface area contributed by atoms with E-state index in [2.05, 4.69) is 41.1 Å². The molecule has 1 saturated heterocycles. The second-order valence-corrected chi connectivity index (χ2v) is 7.43. The maximum Gasteiger partial charge on any atom is 0.234 e. The summed E-state index contributed by atoms with van der Waals surface area (Å²) in [4.78, 5) is 17.8. The summed E-state index contributed by atoms with van der Waals surface area (Å²) in [6, 6.07) is 8.28. The predicted molar refractivity (Wildman–Crippen MR) is 95.4 cm³/mol. The van der Waals surface area contributed by atoms with E-state index in [0.717, 1.165) is 32.4 Å². The van der Waals surface area contributed by atoms with E-state index in [0.29, 0.717) is 12.5 Å². The zero-order valence-electron chi connectivity index (χ0n) is 14.2. The molecule has 1 aromatic heterocycles. The van der Waals surface area contributed by atoms with Crippen molar-refractivity contribution in [3.8, 4) is 0 Å². The number of nitrogens with zero attached hydrogens (tertiary/aromatic N) is 1. The smallest absolute Gasteiger partial charge is 0.234 e. The molecule has 1 amide bonds. The third-order valence-corrected chi connectivity index (χ3v) is 6.31. The topological polar surface area (TPSA) is 88.1 Å². The quantitative estimate of drug-likeness (QED) is 0.803. The fraction of sp³-hybridized carbons (Fsp3) is 0.526. The Hall–Kier alpha value is -1.85. The van der Waals surface area contributed by atoms with Crippen LogP contribution >= 0.6 is 0 Å². The highest BCUT2D eigenvalue weighted by Gasteiger charge is 2.50. The largest absolute Gasteiger partial charge is 0.368 e. The Morgan fingerprint density at radius 2 is 2.21 bits per heavy atom. The minimum Gasteiger partial charge on any atom is -0.368 e. The number of aromatic amines is 1. The Bertz CT molecular complexity index is 783. The Morgan fingerprint density at radius 3 is 2.96 bits per heavy atom. The minimum absolute atomic E-state index is 0.0183. The summed E-state index contributed by atoms with van der Waals surface area (Å²) in [6.45, 7) is 4.36. The van der Waals surface area contributed by atoms with Gasteiger partial charge in [0.15, 0.2) is 0 Å². The van der Waals surface area contributed by atoms with Gasteiger partial charge in [0.25, 0.3) is 0 Å². The first-order valence-electron chi connectivity index (χ1n) is 8.94. The van der Waals surface area contributed by atoms with Crippen LogP contribution in [0.5, 0.6) is 0 Å². The number of primary amides is 1. The Labute approximate surface area is 142 Å². The molecule has 4 rings (SSSR count). The van der Waals surface area contributed by atoms with Gasteiger partial charge < -0.3 is 16.5 Å². The summed E-state index contributed by atoms with van der Waals surface area (Å²) < 4.78 is 0. The van der Waals surface area contributed by atoms with Crippen molar-refractivity contribution >= 4 is 16.8 Å². The molecule has 1 fully saturated rings. The molecular formula is C19H26N4O. The van der Waals surface area contributed by atoms with Crippen LogP contribution in [-0.4, -0.2) is 34.9 Å². The normalized spacial score (nSPS) is 27.8. The Balaban J connectivity index is 1.80. The molecule has 0 spiro atoms. The van der Waals surface area contributed by atoms with E-state index >= 15 is 0 Å². The lowest BCUT2D eigenvalue weighted by atomic mass is 9.70. The number of nitrogens with two attached hydrogens (primary N) is 2. The zero-order valence-corrected chi connectivity index (χ0v) is 14.2. The van der Waals surface area contributed by atoms with E-state index in [1.54, 1.807) is 0 Å². The minimum atomic E-state index is -0.570. The molecule has 5 heteroatoms. The molecule has 5 nitrogen and oxygen atoms in total. The van der Waals surface area contributed by atoms with Gasteiger partial charge in [-0.25, -0.2) is 0 Å². The highest BCUT2D eigenvalue weighted by Crippen LogP contribution is 2.54. The summed E-state index contributed by atoms with van der Waals surface area (Å²) in [5, 5.41) is 1.34. The van der Waals surface area contributed by atoms with Gasteiger partial charge in [-0.2, -0.15) is 0 Å². The van der Waals surface area contributed by atoms with Crippen LogP contribution in [0.1, 0.15) is 43.5 Å². The molecule has 1 aromatic carbocycles. The molecule has 3 heterocycles. The summed E-state index contributed by atoms with van der Waals surface area (Å²) >= 11 is 0. The molecule has 2 aliphatic rings. The van der Waals surface area contributed by atoms with E-state index in [9.17, 15) is 4.79 Å². The lowest BCUT2D eigenvalue weighted by molar-refractivity contribution is -0.120. The van der Waals surface area contributed by atoms with Gasteiger partial charge in [0.05, 0.1) is 12.1 Å². The highest BCUT2D eigenvalue weighted by molar-refractivity contribution is 5.85.